The number of rotatable bonds is 3. The number of hydrogen-bond acceptors (Lipinski definition) is 3. The van der Waals surface area contributed by atoms with E-state index in [4.69, 9.17) is 5.11 Å². The number of carbonyl (C=O) groups is 2. The average molecular weight is 208 g/mol. The zero-order valence-electron chi connectivity index (χ0n) is 8.57. The van der Waals surface area contributed by atoms with Gasteiger partial charge in [0.1, 0.15) is 5.69 Å². The van der Waals surface area contributed by atoms with Crippen LogP contribution in [0.15, 0.2) is 12.1 Å². The molecule has 15 heavy (non-hydrogen) atoms. The SMILES string of the molecule is CCC(=O)Nc1ccc(C(=O)O)nc1C. The number of amides is 1. The zero-order chi connectivity index (χ0) is 11.4. The van der Waals surface area contributed by atoms with Crippen LogP contribution in [-0.2, 0) is 4.79 Å². The highest BCUT2D eigenvalue weighted by Gasteiger charge is 2.08. The van der Waals surface area contributed by atoms with E-state index in [2.05, 4.69) is 10.3 Å². The lowest BCUT2D eigenvalue weighted by molar-refractivity contribution is -0.115. The van der Waals surface area contributed by atoms with Crippen molar-refractivity contribution >= 4 is 17.6 Å². The van der Waals surface area contributed by atoms with E-state index < -0.39 is 5.97 Å². The highest BCUT2D eigenvalue weighted by Crippen LogP contribution is 2.13. The molecule has 0 aliphatic rings. The van der Waals surface area contributed by atoms with E-state index in [0.717, 1.165) is 0 Å². The number of nitrogens with zero attached hydrogens (tertiary/aromatic N) is 1. The number of aryl methyl sites for hydroxylation is 1. The molecule has 0 atom stereocenters. The van der Waals surface area contributed by atoms with Crippen molar-refractivity contribution < 1.29 is 14.7 Å². The molecular weight excluding hydrogens is 196 g/mol. The summed E-state index contributed by atoms with van der Waals surface area (Å²) in [6, 6.07) is 2.90. The Morgan fingerprint density at radius 3 is 2.60 bits per heavy atom. The number of hydrogen-bond donors (Lipinski definition) is 2. The molecular formula is C10H12N2O3. The lowest BCUT2D eigenvalue weighted by Crippen LogP contribution is -2.12. The van der Waals surface area contributed by atoms with Crippen molar-refractivity contribution in [1.29, 1.82) is 0 Å². The number of carbonyl (C=O) groups excluding carboxylic acids is 1. The standard InChI is InChI=1S/C10H12N2O3/c1-3-9(13)12-7-4-5-8(10(14)15)11-6(7)2/h4-5H,3H2,1-2H3,(H,12,13)(H,14,15). The summed E-state index contributed by atoms with van der Waals surface area (Å²) in [4.78, 5) is 25.5. The predicted molar refractivity (Wildman–Crippen MR) is 54.9 cm³/mol. The summed E-state index contributed by atoms with van der Waals surface area (Å²) < 4.78 is 0. The summed E-state index contributed by atoms with van der Waals surface area (Å²) in [5, 5.41) is 11.3. The molecule has 0 aliphatic heterocycles. The van der Waals surface area contributed by atoms with Gasteiger partial charge >= 0.3 is 5.97 Å². The number of aromatic nitrogens is 1. The lowest BCUT2D eigenvalue weighted by atomic mass is 10.2. The molecule has 1 aromatic heterocycles. The van der Waals surface area contributed by atoms with Crippen LogP contribution < -0.4 is 5.32 Å². The fourth-order valence-corrected chi connectivity index (χ4v) is 1.05. The number of carboxylic acid groups (broad SMARTS) is 1. The Balaban J connectivity index is 2.93. The van der Waals surface area contributed by atoms with E-state index in [9.17, 15) is 9.59 Å². The van der Waals surface area contributed by atoms with Crippen molar-refractivity contribution in [2.45, 2.75) is 20.3 Å². The number of carboxylic acids is 1. The van der Waals surface area contributed by atoms with Crippen molar-refractivity contribution in [2.75, 3.05) is 5.32 Å². The van der Waals surface area contributed by atoms with Gasteiger partial charge in [-0.05, 0) is 19.1 Å². The van der Waals surface area contributed by atoms with Crippen LogP contribution in [0.2, 0.25) is 0 Å². The summed E-state index contributed by atoms with van der Waals surface area (Å²) in [5.74, 6) is -1.20. The Morgan fingerprint density at radius 1 is 1.47 bits per heavy atom. The van der Waals surface area contributed by atoms with Gasteiger partial charge in [0, 0.05) is 6.42 Å². The number of nitrogens with one attached hydrogen (secondary N) is 1. The second kappa shape index (κ2) is 4.54. The van der Waals surface area contributed by atoms with Crippen molar-refractivity contribution in [3.8, 4) is 0 Å². The molecule has 2 N–H and O–H groups in total. The van der Waals surface area contributed by atoms with Crippen molar-refractivity contribution in [3.05, 3.63) is 23.5 Å². The Hall–Kier alpha value is -1.91. The monoisotopic (exact) mass is 208 g/mol. The van der Waals surface area contributed by atoms with Gasteiger partial charge in [-0.1, -0.05) is 6.92 Å². The predicted octanol–water partition coefficient (Wildman–Crippen LogP) is 1.44. The van der Waals surface area contributed by atoms with Crippen LogP contribution in [0.5, 0.6) is 0 Å². The van der Waals surface area contributed by atoms with Crippen LogP contribution in [0.4, 0.5) is 5.69 Å². The van der Waals surface area contributed by atoms with E-state index in [-0.39, 0.29) is 11.6 Å². The second-order valence-corrected chi connectivity index (χ2v) is 3.04. The van der Waals surface area contributed by atoms with Crippen molar-refractivity contribution in [2.24, 2.45) is 0 Å². The van der Waals surface area contributed by atoms with Crippen molar-refractivity contribution in [3.63, 3.8) is 0 Å². The van der Waals surface area contributed by atoms with Crippen LogP contribution in [-0.4, -0.2) is 22.0 Å². The van der Waals surface area contributed by atoms with E-state index in [1.807, 2.05) is 0 Å². The Morgan fingerprint density at radius 2 is 2.13 bits per heavy atom. The average Bonchev–Trinajstić information content (AvgIpc) is 2.20. The van der Waals surface area contributed by atoms with Crippen LogP contribution >= 0.6 is 0 Å². The van der Waals surface area contributed by atoms with Crippen LogP contribution in [0.25, 0.3) is 0 Å². The molecule has 0 spiro atoms. The molecule has 0 aromatic carbocycles. The molecule has 1 aromatic rings. The number of pyridine rings is 1. The maximum Gasteiger partial charge on any atom is 0.354 e. The molecule has 0 saturated carbocycles. The minimum absolute atomic E-state index is 0.0259. The van der Waals surface area contributed by atoms with Gasteiger partial charge in [0.2, 0.25) is 5.91 Å². The molecule has 5 nitrogen and oxygen atoms in total. The normalized spacial score (nSPS) is 9.73. The van der Waals surface area contributed by atoms with Gasteiger partial charge in [0.25, 0.3) is 0 Å². The summed E-state index contributed by atoms with van der Waals surface area (Å²) in [7, 11) is 0. The van der Waals surface area contributed by atoms with Gasteiger partial charge in [0.15, 0.2) is 0 Å². The Labute approximate surface area is 87.1 Å². The van der Waals surface area contributed by atoms with Gasteiger partial charge < -0.3 is 10.4 Å². The lowest BCUT2D eigenvalue weighted by Gasteiger charge is -2.06. The minimum Gasteiger partial charge on any atom is -0.477 e. The van der Waals surface area contributed by atoms with Gasteiger partial charge in [0.05, 0.1) is 11.4 Å². The highest BCUT2D eigenvalue weighted by atomic mass is 16.4. The summed E-state index contributed by atoms with van der Waals surface area (Å²) in [6.45, 7) is 3.39. The molecule has 1 rings (SSSR count). The largest absolute Gasteiger partial charge is 0.477 e. The van der Waals surface area contributed by atoms with Crippen molar-refractivity contribution in [1.82, 2.24) is 4.98 Å². The molecule has 1 heterocycles. The number of anilines is 1. The maximum absolute atomic E-state index is 11.1. The van der Waals surface area contributed by atoms with Gasteiger partial charge in [-0.25, -0.2) is 9.78 Å². The van der Waals surface area contributed by atoms with Crippen LogP contribution in [0.1, 0.15) is 29.5 Å². The third-order valence-electron chi connectivity index (χ3n) is 1.90. The number of aromatic carboxylic acids is 1. The Kier molecular flexibility index (Phi) is 3.38. The molecule has 0 aliphatic carbocycles. The third kappa shape index (κ3) is 2.77. The van der Waals surface area contributed by atoms with Gasteiger partial charge in [-0.3, -0.25) is 4.79 Å². The maximum atomic E-state index is 11.1. The molecule has 80 valence electrons. The first-order chi connectivity index (χ1) is 7.04. The third-order valence-corrected chi connectivity index (χ3v) is 1.90. The molecule has 0 fully saturated rings. The smallest absolute Gasteiger partial charge is 0.354 e. The van der Waals surface area contributed by atoms with E-state index in [1.54, 1.807) is 19.9 Å². The fraction of sp³-hybridized carbons (Fsp3) is 0.300. The minimum atomic E-state index is -1.08. The van der Waals surface area contributed by atoms with Gasteiger partial charge in [-0.2, -0.15) is 0 Å². The molecule has 1 amide bonds. The Bertz CT molecular complexity index is 402. The molecule has 0 saturated heterocycles. The summed E-state index contributed by atoms with van der Waals surface area (Å²) in [5.41, 5.74) is 1.02. The van der Waals surface area contributed by atoms with Gasteiger partial charge in [-0.15, -0.1) is 0 Å². The summed E-state index contributed by atoms with van der Waals surface area (Å²) >= 11 is 0. The molecule has 5 heteroatoms. The van der Waals surface area contributed by atoms with E-state index in [0.29, 0.717) is 17.8 Å². The van der Waals surface area contributed by atoms with E-state index in [1.165, 1.54) is 6.07 Å². The van der Waals surface area contributed by atoms with E-state index >= 15 is 0 Å². The first-order valence-corrected chi connectivity index (χ1v) is 4.55. The summed E-state index contributed by atoms with van der Waals surface area (Å²) in [6.07, 6.45) is 0.375. The fourth-order valence-electron chi connectivity index (χ4n) is 1.05. The van der Waals surface area contributed by atoms with Crippen LogP contribution in [0, 0.1) is 6.92 Å². The first-order valence-electron chi connectivity index (χ1n) is 4.55. The van der Waals surface area contributed by atoms with Crippen LogP contribution in [0.3, 0.4) is 0 Å². The molecule has 0 radical (unpaired) electrons. The quantitative estimate of drug-likeness (QED) is 0.787. The molecule has 0 unspecified atom stereocenters. The molecule has 0 bridgehead atoms. The highest BCUT2D eigenvalue weighted by molar-refractivity contribution is 5.92. The topological polar surface area (TPSA) is 79.3 Å². The first kappa shape index (κ1) is 11.2. The second-order valence-electron chi connectivity index (χ2n) is 3.04. The zero-order valence-corrected chi connectivity index (χ0v) is 8.57.